The Hall–Kier alpha value is -4.21. The third-order valence-electron chi connectivity index (χ3n) is 4.56. The molecular formula is C25H23F3N2O5. The highest BCUT2D eigenvalue weighted by Crippen LogP contribution is 2.37. The number of alkyl halides is 3. The number of carbonyl (C=O) groups is 2. The minimum atomic E-state index is -4.83. The lowest BCUT2D eigenvalue weighted by Crippen LogP contribution is -2.17. The molecular weight excluding hydrogens is 465 g/mol. The molecule has 7 nitrogen and oxygen atoms in total. The predicted molar refractivity (Wildman–Crippen MR) is 124 cm³/mol. The van der Waals surface area contributed by atoms with Gasteiger partial charge in [-0.05, 0) is 50.2 Å². The first-order chi connectivity index (χ1) is 16.7. The highest BCUT2D eigenvalue weighted by Gasteiger charge is 2.31. The van der Waals surface area contributed by atoms with Gasteiger partial charge in [-0.15, -0.1) is 13.2 Å². The van der Waals surface area contributed by atoms with Crippen LogP contribution >= 0.6 is 0 Å². The molecule has 0 saturated heterocycles. The molecule has 184 valence electrons. The topological polar surface area (TPSA) is 85.9 Å². The van der Waals surface area contributed by atoms with Crippen molar-refractivity contribution in [1.29, 1.82) is 0 Å². The Morgan fingerprint density at radius 2 is 1.20 bits per heavy atom. The van der Waals surface area contributed by atoms with E-state index in [9.17, 15) is 22.8 Å². The van der Waals surface area contributed by atoms with Gasteiger partial charge in [-0.3, -0.25) is 9.59 Å². The number of benzene rings is 3. The minimum absolute atomic E-state index is 0.0985. The molecule has 3 aromatic rings. The van der Waals surface area contributed by atoms with Crippen molar-refractivity contribution in [2.24, 2.45) is 0 Å². The van der Waals surface area contributed by atoms with Crippen LogP contribution in [0.5, 0.6) is 17.2 Å². The van der Waals surface area contributed by atoms with Crippen LogP contribution in [0.15, 0.2) is 66.7 Å². The lowest BCUT2D eigenvalue weighted by molar-refractivity contribution is -0.274. The molecule has 2 amide bonds. The molecule has 0 heterocycles. The first-order valence-corrected chi connectivity index (χ1v) is 10.7. The number of carbonyl (C=O) groups excluding carboxylic acids is 2. The maximum atomic E-state index is 12.7. The summed E-state index contributed by atoms with van der Waals surface area (Å²) in [6.07, 6.45) is -4.83. The molecule has 0 aromatic heterocycles. The normalized spacial score (nSPS) is 10.9. The largest absolute Gasteiger partial charge is 0.573 e. The number of nitrogens with one attached hydrogen (secondary N) is 2. The Morgan fingerprint density at radius 1 is 0.743 bits per heavy atom. The Bertz CT molecular complexity index is 1170. The van der Waals surface area contributed by atoms with E-state index in [1.807, 2.05) is 0 Å². The lowest BCUT2D eigenvalue weighted by Gasteiger charge is -2.18. The minimum Gasteiger partial charge on any atom is -0.492 e. The number of halogens is 3. The van der Waals surface area contributed by atoms with Crippen LogP contribution in [0.4, 0.5) is 24.5 Å². The molecule has 0 radical (unpaired) electrons. The molecule has 0 bridgehead atoms. The zero-order valence-electron chi connectivity index (χ0n) is 18.9. The highest BCUT2D eigenvalue weighted by molar-refractivity contribution is 6.07. The molecule has 3 rings (SSSR count). The average molecular weight is 488 g/mol. The third kappa shape index (κ3) is 7.13. The quantitative estimate of drug-likeness (QED) is 0.393. The fourth-order valence-corrected chi connectivity index (χ4v) is 3.09. The zero-order chi connectivity index (χ0) is 25.4. The molecule has 0 aliphatic rings. The van der Waals surface area contributed by atoms with Crippen molar-refractivity contribution in [3.63, 3.8) is 0 Å². The van der Waals surface area contributed by atoms with E-state index in [1.165, 1.54) is 24.3 Å². The SMILES string of the molecule is CCOc1cc(NC(=O)c2ccc(OC(F)(F)F)cc2)c(OCC)cc1NC(=O)c1ccccc1. The zero-order valence-corrected chi connectivity index (χ0v) is 18.9. The maximum absolute atomic E-state index is 12.7. The summed E-state index contributed by atoms with van der Waals surface area (Å²) in [5.74, 6) is -0.824. The molecule has 10 heteroatoms. The van der Waals surface area contributed by atoms with Crippen LogP contribution < -0.4 is 24.8 Å². The molecule has 0 atom stereocenters. The average Bonchev–Trinajstić information content (AvgIpc) is 2.82. The highest BCUT2D eigenvalue weighted by atomic mass is 19.4. The van der Waals surface area contributed by atoms with Crippen molar-refractivity contribution < 1.29 is 37.0 Å². The number of anilines is 2. The lowest BCUT2D eigenvalue weighted by atomic mass is 10.1. The van der Waals surface area contributed by atoms with Gasteiger partial charge in [-0.2, -0.15) is 0 Å². The number of rotatable bonds is 9. The molecule has 2 N–H and O–H groups in total. The van der Waals surface area contributed by atoms with Crippen molar-refractivity contribution in [2.75, 3.05) is 23.8 Å². The van der Waals surface area contributed by atoms with Gasteiger partial charge in [0.25, 0.3) is 11.8 Å². The molecule has 0 spiro atoms. The Kier molecular flexibility index (Phi) is 8.19. The van der Waals surface area contributed by atoms with Gasteiger partial charge in [0.2, 0.25) is 0 Å². The number of amides is 2. The van der Waals surface area contributed by atoms with E-state index in [1.54, 1.807) is 44.2 Å². The van der Waals surface area contributed by atoms with Crippen LogP contribution in [0.25, 0.3) is 0 Å². The fourth-order valence-electron chi connectivity index (χ4n) is 3.09. The molecule has 3 aromatic carbocycles. The van der Waals surface area contributed by atoms with Gasteiger partial charge >= 0.3 is 6.36 Å². The van der Waals surface area contributed by atoms with E-state index in [4.69, 9.17) is 9.47 Å². The van der Waals surface area contributed by atoms with E-state index >= 15 is 0 Å². The summed E-state index contributed by atoms with van der Waals surface area (Å²) >= 11 is 0. The van der Waals surface area contributed by atoms with E-state index < -0.39 is 18.0 Å². The van der Waals surface area contributed by atoms with Crippen molar-refractivity contribution in [3.05, 3.63) is 77.9 Å². The summed E-state index contributed by atoms with van der Waals surface area (Å²) in [5.41, 5.74) is 1.15. The van der Waals surface area contributed by atoms with Gasteiger partial charge in [0.05, 0.1) is 24.6 Å². The van der Waals surface area contributed by atoms with Gasteiger partial charge in [0, 0.05) is 23.3 Å². The molecule has 0 saturated carbocycles. The number of hydrogen-bond donors (Lipinski definition) is 2. The first-order valence-electron chi connectivity index (χ1n) is 10.7. The van der Waals surface area contributed by atoms with Crippen LogP contribution in [0.3, 0.4) is 0 Å². The number of hydrogen-bond acceptors (Lipinski definition) is 5. The molecule has 0 aliphatic heterocycles. The summed E-state index contributed by atoms with van der Waals surface area (Å²) in [5, 5.41) is 5.46. The van der Waals surface area contributed by atoms with Crippen molar-refractivity contribution in [3.8, 4) is 17.2 Å². The second-order valence-electron chi connectivity index (χ2n) is 7.06. The standard InChI is InChI=1S/C25H23F3N2O5/c1-3-33-21-15-20(30-24(32)17-10-12-18(13-11-17)35-25(26,27)28)22(34-4-2)14-19(21)29-23(31)16-8-6-5-7-9-16/h5-15H,3-4H2,1-2H3,(H,29,31)(H,30,32). The third-order valence-corrected chi connectivity index (χ3v) is 4.56. The van der Waals surface area contributed by atoms with Gasteiger partial charge in [-0.1, -0.05) is 18.2 Å². The summed E-state index contributed by atoms with van der Waals surface area (Å²) in [6, 6.07) is 16.1. The predicted octanol–water partition coefficient (Wildman–Crippen LogP) is 5.89. The van der Waals surface area contributed by atoms with Gasteiger partial charge < -0.3 is 24.8 Å². The monoisotopic (exact) mass is 488 g/mol. The van der Waals surface area contributed by atoms with Crippen molar-refractivity contribution in [2.45, 2.75) is 20.2 Å². The molecule has 0 aliphatic carbocycles. The van der Waals surface area contributed by atoms with E-state index in [0.29, 0.717) is 17.0 Å². The Balaban J connectivity index is 1.86. The second-order valence-corrected chi connectivity index (χ2v) is 7.06. The van der Waals surface area contributed by atoms with Gasteiger partial charge in [0.15, 0.2) is 0 Å². The van der Waals surface area contributed by atoms with Crippen LogP contribution in [0.2, 0.25) is 0 Å². The van der Waals surface area contributed by atoms with Crippen LogP contribution in [0, 0.1) is 0 Å². The van der Waals surface area contributed by atoms with Crippen molar-refractivity contribution >= 4 is 23.2 Å². The van der Waals surface area contributed by atoms with Crippen molar-refractivity contribution in [1.82, 2.24) is 0 Å². The van der Waals surface area contributed by atoms with Gasteiger partial charge in [-0.25, -0.2) is 0 Å². The summed E-state index contributed by atoms with van der Waals surface area (Å²) in [4.78, 5) is 25.4. The second kappa shape index (κ2) is 11.3. The van der Waals surface area contributed by atoms with E-state index in [0.717, 1.165) is 12.1 Å². The maximum Gasteiger partial charge on any atom is 0.573 e. The Labute approximate surface area is 199 Å². The fraction of sp³-hybridized carbons (Fsp3) is 0.200. The van der Waals surface area contributed by atoms with E-state index in [2.05, 4.69) is 15.4 Å². The molecule has 35 heavy (non-hydrogen) atoms. The summed E-state index contributed by atoms with van der Waals surface area (Å²) in [6.45, 7) is 4.08. The van der Waals surface area contributed by atoms with Crippen LogP contribution in [-0.2, 0) is 0 Å². The summed E-state index contributed by atoms with van der Waals surface area (Å²) in [7, 11) is 0. The Morgan fingerprint density at radius 3 is 1.63 bits per heavy atom. The smallest absolute Gasteiger partial charge is 0.492 e. The van der Waals surface area contributed by atoms with Crippen LogP contribution in [0.1, 0.15) is 34.6 Å². The molecule has 0 fully saturated rings. The molecule has 0 unspecified atom stereocenters. The first kappa shape index (κ1) is 25.4. The van der Waals surface area contributed by atoms with Gasteiger partial charge in [0.1, 0.15) is 17.2 Å². The number of ether oxygens (including phenoxy) is 3. The van der Waals surface area contributed by atoms with E-state index in [-0.39, 0.29) is 36.1 Å². The summed E-state index contributed by atoms with van der Waals surface area (Å²) < 4.78 is 52.2. The van der Waals surface area contributed by atoms with Crippen LogP contribution in [-0.4, -0.2) is 31.4 Å².